The number of hydrogen-bond donors (Lipinski definition) is 2. The van der Waals surface area contributed by atoms with Crippen molar-refractivity contribution >= 4 is 31.6 Å². The van der Waals surface area contributed by atoms with E-state index in [1.807, 2.05) is 0 Å². The van der Waals surface area contributed by atoms with Gasteiger partial charge in [-0.15, -0.1) is 0 Å². The van der Waals surface area contributed by atoms with Gasteiger partial charge in [-0.2, -0.15) is 12.7 Å². The number of halogens is 1. The summed E-state index contributed by atoms with van der Waals surface area (Å²) in [6.07, 6.45) is 1.93. The second-order valence-electron chi connectivity index (χ2n) is 10.1. The standard InChI is InChI=1S/C26H32FN5O7S2/c1-17-12-32(18(2)15-33)26(34)22-11-20(29-40(35,36)25-14-30(3)16-28-25)7-10-23(22)39-24(17)13-31(4)41(37,38)21-8-5-19(27)6-9-21/h5-11,14,16-18,24,29,33H,12-13,15H2,1-4H3/t17-,18+,24+/m1/s1. The number of aliphatic hydroxyl groups excluding tert-OH is 1. The Bertz CT molecular complexity index is 1630. The third-order valence-corrected chi connectivity index (χ3v) is 9.94. The molecular formula is C26H32FN5O7S2. The highest BCUT2D eigenvalue weighted by Gasteiger charge is 2.35. The highest BCUT2D eigenvalue weighted by molar-refractivity contribution is 7.92. The fourth-order valence-corrected chi connectivity index (χ4v) is 6.59. The minimum absolute atomic E-state index is 0.0347. The first-order valence-corrected chi connectivity index (χ1v) is 15.6. The number of amides is 1. The van der Waals surface area contributed by atoms with Gasteiger partial charge < -0.3 is 19.3 Å². The highest BCUT2D eigenvalue weighted by atomic mass is 32.2. The molecule has 0 unspecified atom stereocenters. The Hall–Kier alpha value is -3.53. The van der Waals surface area contributed by atoms with E-state index < -0.39 is 43.9 Å². The third kappa shape index (κ3) is 6.53. The number of hydrogen-bond acceptors (Lipinski definition) is 8. The van der Waals surface area contributed by atoms with Crippen molar-refractivity contribution in [2.24, 2.45) is 13.0 Å². The van der Waals surface area contributed by atoms with Gasteiger partial charge >= 0.3 is 0 Å². The van der Waals surface area contributed by atoms with Gasteiger partial charge in [-0.05, 0) is 49.4 Å². The molecular weight excluding hydrogens is 577 g/mol. The van der Waals surface area contributed by atoms with Gasteiger partial charge in [0.1, 0.15) is 17.7 Å². The number of rotatable bonds is 9. The van der Waals surface area contributed by atoms with E-state index in [1.54, 1.807) is 20.9 Å². The van der Waals surface area contributed by atoms with E-state index in [4.69, 9.17) is 4.74 Å². The minimum atomic E-state index is -4.05. The molecule has 2 aromatic carbocycles. The molecule has 0 radical (unpaired) electrons. The first-order chi connectivity index (χ1) is 19.2. The van der Waals surface area contributed by atoms with Crippen molar-refractivity contribution in [3.8, 4) is 5.75 Å². The molecule has 0 aliphatic carbocycles. The molecule has 0 saturated carbocycles. The highest BCUT2D eigenvalue weighted by Crippen LogP contribution is 2.32. The van der Waals surface area contributed by atoms with E-state index in [9.17, 15) is 31.1 Å². The summed E-state index contributed by atoms with van der Waals surface area (Å²) < 4.78 is 76.6. The molecule has 41 heavy (non-hydrogen) atoms. The van der Waals surface area contributed by atoms with Crippen molar-refractivity contribution in [2.45, 2.75) is 35.9 Å². The molecule has 15 heteroatoms. The molecule has 4 rings (SSSR count). The molecule has 12 nitrogen and oxygen atoms in total. The van der Waals surface area contributed by atoms with E-state index >= 15 is 0 Å². The van der Waals surface area contributed by atoms with Crippen molar-refractivity contribution in [1.82, 2.24) is 18.8 Å². The van der Waals surface area contributed by atoms with Crippen molar-refractivity contribution in [2.75, 3.05) is 31.5 Å². The largest absolute Gasteiger partial charge is 0.488 e. The zero-order valence-electron chi connectivity index (χ0n) is 22.9. The number of carbonyl (C=O) groups is 1. The number of fused-ring (bicyclic) bond motifs is 1. The fraction of sp³-hybridized carbons (Fsp3) is 0.385. The average Bonchev–Trinajstić information content (AvgIpc) is 3.38. The minimum Gasteiger partial charge on any atom is -0.488 e. The van der Waals surface area contributed by atoms with Crippen molar-refractivity contribution in [1.29, 1.82) is 0 Å². The summed E-state index contributed by atoms with van der Waals surface area (Å²) in [4.78, 5) is 18.9. The predicted octanol–water partition coefficient (Wildman–Crippen LogP) is 1.90. The van der Waals surface area contributed by atoms with E-state index in [1.165, 1.54) is 59.4 Å². The molecule has 0 bridgehead atoms. The van der Waals surface area contributed by atoms with Crippen molar-refractivity contribution < 1.29 is 35.9 Å². The van der Waals surface area contributed by atoms with E-state index in [2.05, 4.69) is 9.71 Å². The number of aromatic nitrogens is 2. The zero-order valence-corrected chi connectivity index (χ0v) is 24.6. The van der Waals surface area contributed by atoms with Gasteiger partial charge in [-0.3, -0.25) is 9.52 Å². The molecule has 1 aliphatic heterocycles. The number of imidazole rings is 1. The average molecular weight is 610 g/mol. The maximum atomic E-state index is 13.6. The van der Waals surface area contributed by atoms with Gasteiger partial charge in [0, 0.05) is 38.4 Å². The fourth-order valence-electron chi connectivity index (χ4n) is 4.38. The number of aryl methyl sites for hydroxylation is 1. The van der Waals surface area contributed by atoms with Crippen LogP contribution in [0.15, 0.2) is 64.9 Å². The SMILES string of the molecule is C[C@@H]1CN([C@@H](C)CO)C(=O)c2cc(NS(=O)(=O)c3cn(C)cn3)ccc2O[C@H]1CN(C)S(=O)(=O)c1ccc(F)cc1. The summed E-state index contributed by atoms with van der Waals surface area (Å²) in [5.41, 5.74) is 0.122. The zero-order chi connectivity index (χ0) is 30.1. The summed E-state index contributed by atoms with van der Waals surface area (Å²) in [5.74, 6) is -1.31. The Morgan fingerprint density at radius 2 is 1.88 bits per heavy atom. The number of carbonyl (C=O) groups excluding carboxylic acids is 1. The Morgan fingerprint density at radius 1 is 1.20 bits per heavy atom. The summed E-state index contributed by atoms with van der Waals surface area (Å²) in [5, 5.41) is 9.66. The second-order valence-corrected chi connectivity index (χ2v) is 13.7. The Morgan fingerprint density at radius 3 is 2.49 bits per heavy atom. The Kier molecular flexibility index (Phi) is 8.73. The molecule has 3 aromatic rings. The molecule has 1 aliphatic rings. The van der Waals surface area contributed by atoms with Gasteiger partial charge in [-0.1, -0.05) is 6.92 Å². The number of likely N-dealkylation sites (N-methyl/N-ethyl adjacent to an activating group) is 1. The van der Waals surface area contributed by atoms with E-state index in [-0.39, 0.29) is 52.5 Å². The smallest absolute Gasteiger partial charge is 0.280 e. The lowest BCUT2D eigenvalue weighted by Gasteiger charge is -2.38. The molecule has 0 saturated heterocycles. The summed E-state index contributed by atoms with van der Waals surface area (Å²) >= 11 is 0. The molecule has 1 aromatic heterocycles. The number of ether oxygens (including phenoxy) is 1. The van der Waals surface area contributed by atoms with Crippen LogP contribution in [0.4, 0.5) is 10.1 Å². The summed E-state index contributed by atoms with van der Waals surface area (Å²) in [6.45, 7) is 3.15. The van der Waals surface area contributed by atoms with Crippen LogP contribution >= 0.6 is 0 Å². The normalized spacial score (nSPS) is 18.8. The molecule has 2 N–H and O–H groups in total. The number of anilines is 1. The lowest BCUT2D eigenvalue weighted by Crippen LogP contribution is -2.50. The van der Waals surface area contributed by atoms with Crippen molar-refractivity contribution in [3.05, 3.63) is 66.4 Å². The lowest BCUT2D eigenvalue weighted by molar-refractivity contribution is 0.0387. The molecule has 2 heterocycles. The van der Waals surface area contributed by atoms with E-state index in [0.717, 1.165) is 16.4 Å². The number of aliphatic hydroxyl groups is 1. The molecule has 1 amide bonds. The quantitative estimate of drug-likeness (QED) is 0.373. The van der Waals surface area contributed by atoms with Gasteiger partial charge in [0.05, 0.1) is 36.0 Å². The van der Waals surface area contributed by atoms with Gasteiger partial charge in [-0.25, -0.2) is 17.8 Å². The lowest BCUT2D eigenvalue weighted by atomic mass is 9.99. The molecule has 0 spiro atoms. The van der Waals surface area contributed by atoms with Crippen LogP contribution in [0.5, 0.6) is 5.75 Å². The van der Waals surface area contributed by atoms with Crippen LogP contribution in [0.3, 0.4) is 0 Å². The maximum absolute atomic E-state index is 13.6. The van der Waals surface area contributed by atoms with Crippen LogP contribution < -0.4 is 9.46 Å². The Labute approximate surface area is 238 Å². The number of nitrogens with one attached hydrogen (secondary N) is 1. The third-order valence-electron chi connectivity index (χ3n) is 6.83. The monoisotopic (exact) mass is 609 g/mol. The topological polar surface area (TPSA) is 151 Å². The Balaban J connectivity index is 1.68. The van der Waals surface area contributed by atoms with Gasteiger partial charge in [0.2, 0.25) is 10.0 Å². The van der Waals surface area contributed by atoms with Crippen LogP contribution in [-0.2, 0) is 27.1 Å². The molecule has 3 atom stereocenters. The maximum Gasteiger partial charge on any atom is 0.280 e. The van der Waals surface area contributed by atoms with Crippen LogP contribution in [0.2, 0.25) is 0 Å². The van der Waals surface area contributed by atoms with Crippen LogP contribution in [0, 0.1) is 11.7 Å². The van der Waals surface area contributed by atoms with Gasteiger partial charge in [0.15, 0.2) is 5.03 Å². The molecule has 0 fully saturated rings. The van der Waals surface area contributed by atoms with Crippen LogP contribution in [-0.4, -0.2) is 85.5 Å². The van der Waals surface area contributed by atoms with Crippen LogP contribution in [0.1, 0.15) is 24.2 Å². The molecule has 222 valence electrons. The number of sulfonamides is 2. The van der Waals surface area contributed by atoms with Crippen molar-refractivity contribution in [3.63, 3.8) is 0 Å². The van der Waals surface area contributed by atoms with E-state index in [0.29, 0.717) is 0 Å². The van der Waals surface area contributed by atoms with Gasteiger partial charge in [0.25, 0.3) is 15.9 Å². The number of nitrogens with zero attached hydrogens (tertiary/aromatic N) is 4. The predicted molar refractivity (Wildman–Crippen MR) is 148 cm³/mol. The first kappa shape index (κ1) is 30.4. The summed E-state index contributed by atoms with van der Waals surface area (Å²) in [7, 11) is -5.04. The second kappa shape index (κ2) is 11.8. The summed E-state index contributed by atoms with van der Waals surface area (Å²) in [6, 6.07) is 8.08. The first-order valence-electron chi connectivity index (χ1n) is 12.7. The van der Waals surface area contributed by atoms with Crippen LogP contribution in [0.25, 0.3) is 0 Å². The number of benzene rings is 2.